The average molecular weight is 331 g/mol. The molecular formula is C10H9Br2N3. The smallest absolute Gasteiger partial charge is 0.138 e. The van der Waals surface area contributed by atoms with E-state index in [0.717, 1.165) is 26.9 Å². The maximum atomic E-state index is 4.32. The summed E-state index contributed by atoms with van der Waals surface area (Å²) in [5.74, 6) is 0.885. The fourth-order valence-electron chi connectivity index (χ4n) is 1.22. The van der Waals surface area contributed by atoms with Crippen molar-refractivity contribution in [2.75, 3.05) is 0 Å². The Morgan fingerprint density at radius 3 is 2.80 bits per heavy atom. The molecule has 15 heavy (non-hydrogen) atoms. The molecule has 0 atom stereocenters. The minimum Gasteiger partial charge on any atom is -0.290 e. The lowest BCUT2D eigenvalue weighted by Crippen LogP contribution is -1.94. The number of imidazole rings is 1. The molecule has 78 valence electrons. The Bertz CT molecular complexity index is 479. The van der Waals surface area contributed by atoms with Crippen LogP contribution in [0.25, 0.3) is 5.82 Å². The molecular weight excluding hydrogens is 322 g/mol. The number of rotatable bonds is 2. The van der Waals surface area contributed by atoms with E-state index in [-0.39, 0.29) is 0 Å². The Balaban J connectivity index is 2.40. The number of hydrogen-bond donors (Lipinski definition) is 0. The van der Waals surface area contributed by atoms with Crippen molar-refractivity contribution in [1.29, 1.82) is 0 Å². The molecule has 0 aliphatic heterocycles. The van der Waals surface area contributed by atoms with E-state index in [4.69, 9.17) is 0 Å². The van der Waals surface area contributed by atoms with Gasteiger partial charge in [0.15, 0.2) is 0 Å². The third kappa shape index (κ3) is 2.29. The van der Waals surface area contributed by atoms with E-state index in [1.807, 2.05) is 23.8 Å². The first kappa shape index (κ1) is 10.8. The summed E-state index contributed by atoms with van der Waals surface area (Å²) in [4.78, 5) is 8.55. The lowest BCUT2D eigenvalue weighted by molar-refractivity contribution is 0.984. The van der Waals surface area contributed by atoms with Gasteiger partial charge >= 0.3 is 0 Å². The average Bonchev–Trinajstić information content (AvgIpc) is 2.70. The van der Waals surface area contributed by atoms with E-state index >= 15 is 0 Å². The summed E-state index contributed by atoms with van der Waals surface area (Å²) < 4.78 is 2.93. The van der Waals surface area contributed by atoms with Crippen LogP contribution in [0, 0.1) is 6.92 Å². The second-order valence-electron chi connectivity index (χ2n) is 3.20. The Kier molecular flexibility index (Phi) is 3.21. The zero-order valence-corrected chi connectivity index (χ0v) is 11.3. The van der Waals surface area contributed by atoms with E-state index in [1.165, 1.54) is 0 Å². The molecule has 5 heteroatoms. The molecule has 3 nitrogen and oxygen atoms in total. The Labute approximate surface area is 105 Å². The van der Waals surface area contributed by atoms with Crippen LogP contribution in [0.1, 0.15) is 11.3 Å². The van der Waals surface area contributed by atoms with E-state index < -0.39 is 0 Å². The lowest BCUT2D eigenvalue weighted by atomic mass is 10.3. The molecule has 0 bridgehead atoms. The zero-order chi connectivity index (χ0) is 10.8. The van der Waals surface area contributed by atoms with Gasteiger partial charge in [0.1, 0.15) is 12.1 Å². The van der Waals surface area contributed by atoms with Crippen molar-refractivity contribution in [3.8, 4) is 5.82 Å². The normalized spacial score (nSPS) is 10.6. The van der Waals surface area contributed by atoms with Crippen molar-refractivity contribution >= 4 is 31.9 Å². The molecule has 0 saturated carbocycles. The number of pyridine rings is 1. The van der Waals surface area contributed by atoms with Crippen molar-refractivity contribution < 1.29 is 0 Å². The predicted octanol–water partition coefficient (Wildman–Crippen LogP) is 3.23. The molecule has 0 spiro atoms. The van der Waals surface area contributed by atoms with Crippen LogP contribution in [0.4, 0.5) is 0 Å². The van der Waals surface area contributed by atoms with Gasteiger partial charge in [-0.05, 0) is 34.5 Å². The van der Waals surface area contributed by atoms with E-state index in [1.54, 1.807) is 12.5 Å². The molecule has 0 radical (unpaired) electrons. The van der Waals surface area contributed by atoms with Crippen LogP contribution in [0.3, 0.4) is 0 Å². The fourth-order valence-corrected chi connectivity index (χ4v) is 1.73. The first-order valence-corrected chi connectivity index (χ1v) is 6.33. The maximum absolute atomic E-state index is 4.32. The maximum Gasteiger partial charge on any atom is 0.138 e. The quantitative estimate of drug-likeness (QED) is 0.791. The topological polar surface area (TPSA) is 30.7 Å². The zero-order valence-electron chi connectivity index (χ0n) is 8.11. The summed E-state index contributed by atoms with van der Waals surface area (Å²) in [7, 11) is 0. The highest BCUT2D eigenvalue weighted by molar-refractivity contribution is 9.10. The van der Waals surface area contributed by atoms with Gasteiger partial charge in [0.05, 0.1) is 5.69 Å². The molecule has 2 aromatic heterocycles. The van der Waals surface area contributed by atoms with Gasteiger partial charge in [0, 0.05) is 22.2 Å². The predicted molar refractivity (Wildman–Crippen MR) is 66.4 cm³/mol. The van der Waals surface area contributed by atoms with Crippen LogP contribution in [-0.2, 0) is 5.33 Å². The van der Waals surface area contributed by atoms with Gasteiger partial charge in [-0.1, -0.05) is 15.9 Å². The highest BCUT2D eigenvalue weighted by atomic mass is 79.9. The fraction of sp³-hybridized carbons (Fsp3) is 0.200. The Hall–Kier alpha value is -0.680. The SMILES string of the molecule is Cc1cc(-n2cnc(CBr)c2)ncc1Br. The second-order valence-corrected chi connectivity index (χ2v) is 4.61. The summed E-state index contributed by atoms with van der Waals surface area (Å²) >= 11 is 6.79. The first-order chi connectivity index (χ1) is 7.20. The van der Waals surface area contributed by atoms with E-state index in [2.05, 4.69) is 41.8 Å². The Morgan fingerprint density at radius 2 is 2.20 bits per heavy atom. The molecule has 2 aromatic rings. The standard InChI is InChI=1S/C10H9Br2N3/c1-7-2-10(13-4-9(7)12)15-5-8(3-11)14-6-15/h2,4-6H,3H2,1H3. The third-order valence-electron chi connectivity index (χ3n) is 2.07. The number of aromatic nitrogens is 3. The van der Waals surface area contributed by atoms with Gasteiger partial charge in [-0.15, -0.1) is 0 Å². The van der Waals surface area contributed by atoms with Crippen LogP contribution in [-0.4, -0.2) is 14.5 Å². The van der Waals surface area contributed by atoms with Crippen LogP contribution in [0.5, 0.6) is 0 Å². The molecule has 0 aromatic carbocycles. The van der Waals surface area contributed by atoms with Crippen molar-refractivity contribution in [3.05, 3.63) is 40.5 Å². The summed E-state index contributed by atoms with van der Waals surface area (Å²) in [6, 6.07) is 2.02. The molecule has 2 heterocycles. The van der Waals surface area contributed by atoms with Gasteiger partial charge in [0.2, 0.25) is 0 Å². The molecule has 0 aliphatic rings. The van der Waals surface area contributed by atoms with E-state index in [9.17, 15) is 0 Å². The monoisotopic (exact) mass is 329 g/mol. The number of aryl methyl sites for hydroxylation is 1. The van der Waals surface area contributed by atoms with Gasteiger partial charge in [-0.2, -0.15) is 0 Å². The van der Waals surface area contributed by atoms with Gasteiger partial charge in [-0.3, -0.25) is 4.57 Å². The molecule has 0 N–H and O–H groups in total. The number of nitrogens with zero attached hydrogens (tertiary/aromatic N) is 3. The molecule has 0 saturated heterocycles. The molecule has 0 unspecified atom stereocenters. The summed E-state index contributed by atoms with van der Waals surface area (Å²) in [6.45, 7) is 2.04. The third-order valence-corrected chi connectivity index (χ3v) is 3.47. The second kappa shape index (κ2) is 4.45. The van der Waals surface area contributed by atoms with Crippen molar-refractivity contribution in [2.24, 2.45) is 0 Å². The summed E-state index contributed by atoms with van der Waals surface area (Å²) in [5.41, 5.74) is 2.16. The highest BCUT2D eigenvalue weighted by Crippen LogP contribution is 2.17. The molecule has 2 rings (SSSR count). The van der Waals surface area contributed by atoms with Crippen LogP contribution in [0.2, 0.25) is 0 Å². The van der Waals surface area contributed by atoms with Gasteiger partial charge in [-0.25, -0.2) is 9.97 Å². The van der Waals surface area contributed by atoms with Crippen LogP contribution < -0.4 is 0 Å². The van der Waals surface area contributed by atoms with Crippen LogP contribution >= 0.6 is 31.9 Å². The van der Waals surface area contributed by atoms with Crippen molar-refractivity contribution in [1.82, 2.24) is 14.5 Å². The minimum absolute atomic E-state index is 0.759. The molecule has 0 aliphatic carbocycles. The Morgan fingerprint density at radius 1 is 1.40 bits per heavy atom. The minimum atomic E-state index is 0.759. The van der Waals surface area contributed by atoms with Gasteiger partial charge in [0.25, 0.3) is 0 Å². The number of alkyl halides is 1. The van der Waals surface area contributed by atoms with Crippen molar-refractivity contribution in [3.63, 3.8) is 0 Å². The molecule has 0 fully saturated rings. The van der Waals surface area contributed by atoms with Crippen LogP contribution in [0.15, 0.2) is 29.3 Å². The highest BCUT2D eigenvalue weighted by Gasteiger charge is 2.02. The number of hydrogen-bond acceptors (Lipinski definition) is 2. The molecule has 0 amide bonds. The van der Waals surface area contributed by atoms with Gasteiger partial charge < -0.3 is 0 Å². The lowest BCUT2D eigenvalue weighted by Gasteiger charge is -2.03. The van der Waals surface area contributed by atoms with Crippen molar-refractivity contribution in [2.45, 2.75) is 12.3 Å². The van der Waals surface area contributed by atoms with E-state index in [0.29, 0.717) is 0 Å². The summed E-state index contributed by atoms with van der Waals surface area (Å²) in [6.07, 6.45) is 5.54. The summed E-state index contributed by atoms with van der Waals surface area (Å²) in [5, 5.41) is 0.759. The largest absolute Gasteiger partial charge is 0.290 e. The number of halogens is 2. The first-order valence-electron chi connectivity index (χ1n) is 4.42.